The third-order valence-electron chi connectivity index (χ3n) is 4.48. The molecule has 2 fully saturated rings. The standard InChI is InChI=1S/C15H30N4O/c1-13-5-4-6-19(11-13)15(2,3)12-17-14(16)18-7-9-20-10-8-18/h13H,4-12H2,1-3H3,(H2,16,17). The number of rotatable bonds is 3. The Hall–Kier alpha value is -0.810. The van der Waals surface area contributed by atoms with Gasteiger partial charge in [-0.25, -0.2) is 0 Å². The minimum absolute atomic E-state index is 0.0889. The highest BCUT2D eigenvalue weighted by Crippen LogP contribution is 2.24. The Labute approximate surface area is 123 Å². The van der Waals surface area contributed by atoms with Crippen molar-refractivity contribution in [1.82, 2.24) is 9.80 Å². The summed E-state index contributed by atoms with van der Waals surface area (Å²) in [6, 6.07) is 0. The van der Waals surface area contributed by atoms with Crippen LogP contribution in [0, 0.1) is 5.92 Å². The van der Waals surface area contributed by atoms with Gasteiger partial charge in [-0.2, -0.15) is 0 Å². The summed E-state index contributed by atoms with van der Waals surface area (Å²) in [7, 11) is 0. The van der Waals surface area contributed by atoms with E-state index in [-0.39, 0.29) is 5.54 Å². The van der Waals surface area contributed by atoms with Crippen molar-refractivity contribution in [3.8, 4) is 0 Å². The number of morpholine rings is 1. The number of nitrogens with zero attached hydrogens (tertiary/aromatic N) is 3. The molecule has 0 amide bonds. The fourth-order valence-corrected chi connectivity index (χ4v) is 3.01. The van der Waals surface area contributed by atoms with Crippen LogP contribution < -0.4 is 5.73 Å². The number of ether oxygens (including phenoxy) is 1. The van der Waals surface area contributed by atoms with Gasteiger partial charge in [-0.3, -0.25) is 9.89 Å². The minimum atomic E-state index is 0.0889. The first kappa shape index (κ1) is 15.6. The zero-order chi connectivity index (χ0) is 14.6. The molecule has 0 spiro atoms. The molecule has 0 aromatic carbocycles. The van der Waals surface area contributed by atoms with E-state index in [1.807, 2.05) is 0 Å². The van der Waals surface area contributed by atoms with Crippen molar-refractivity contribution in [2.24, 2.45) is 16.6 Å². The molecule has 5 nitrogen and oxygen atoms in total. The third kappa shape index (κ3) is 4.09. The summed E-state index contributed by atoms with van der Waals surface area (Å²) in [4.78, 5) is 9.33. The van der Waals surface area contributed by atoms with Gasteiger partial charge in [0.15, 0.2) is 5.96 Å². The molecule has 0 aromatic heterocycles. The van der Waals surface area contributed by atoms with Gasteiger partial charge in [0.05, 0.1) is 19.8 Å². The van der Waals surface area contributed by atoms with E-state index in [0.29, 0.717) is 5.96 Å². The molecule has 116 valence electrons. The van der Waals surface area contributed by atoms with Gasteiger partial charge in [-0.1, -0.05) is 6.92 Å². The monoisotopic (exact) mass is 282 g/mol. The van der Waals surface area contributed by atoms with E-state index in [0.717, 1.165) is 38.8 Å². The molecule has 2 rings (SSSR count). The van der Waals surface area contributed by atoms with Crippen molar-refractivity contribution in [3.63, 3.8) is 0 Å². The Kier molecular flexibility index (Phi) is 5.27. The van der Waals surface area contributed by atoms with E-state index < -0.39 is 0 Å². The van der Waals surface area contributed by atoms with Crippen molar-refractivity contribution >= 4 is 5.96 Å². The van der Waals surface area contributed by atoms with Crippen molar-refractivity contribution < 1.29 is 4.74 Å². The molecule has 20 heavy (non-hydrogen) atoms. The Morgan fingerprint density at radius 1 is 1.30 bits per heavy atom. The summed E-state index contributed by atoms with van der Waals surface area (Å²) in [5, 5.41) is 0. The molecule has 0 aliphatic carbocycles. The van der Waals surface area contributed by atoms with Crippen LogP contribution in [0.4, 0.5) is 0 Å². The van der Waals surface area contributed by atoms with Crippen LogP contribution in [0.15, 0.2) is 4.99 Å². The summed E-state index contributed by atoms with van der Waals surface area (Å²) in [6.45, 7) is 13.3. The number of aliphatic imine (C=N–C) groups is 1. The minimum Gasteiger partial charge on any atom is -0.378 e. The van der Waals surface area contributed by atoms with E-state index in [1.54, 1.807) is 0 Å². The van der Waals surface area contributed by atoms with E-state index in [1.165, 1.54) is 25.9 Å². The molecular weight excluding hydrogens is 252 g/mol. The number of guanidine groups is 1. The van der Waals surface area contributed by atoms with Crippen LogP contribution in [0.1, 0.15) is 33.6 Å². The third-order valence-corrected chi connectivity index (χ3v) is 4.48. The number of piperidine rings is 1. The van der Waals surface area contributed by atoms with Gasteiger partial charge in [0.2, 0.25) is 0 Å². The Balaban J connectivity index is 1.89. The number of hydrogen-bond acceptors (Lipinski definition) is 3. The van der Waals surface area contributed by atoms with Crippen LogP contribution in [0.3, 0.4) is 0 Å². The zero-order valence-electron chi connectivity index (χ0n) is 13.3. The molecule has 2 aliphatic rings. The first-order valence-electron chi connectivity index (χ1n) is 7.87. The highest BCUT2D eigenvalue weighted by molar-refractivity contribution is 5.78. The molecule has 2 aliphatic heterocycles. The second kappa shape index (κ2) is 6.76. The average molecular weight is 282 g/mol. The van der Waals surface area contributed by atoms with E-state index in [9.17, 15) is 0 Å². The molecule has 5 heteroatoms. The second-order valence-corrected chi connectivity index (χ2v) is 6.78. The summed E-state index contributed by atoms with van der Waals surface area (Å²) in [5.74, 6) is 1.47. The van der Waals surface area contributed by atoms with Crippen molar-refractivity contribution in [1.29, 1.82) is 0 Å². The fourth-order valence-electron chi connectivity index (χ4n) is 3.01. The van der Waals surface area contributed by atoms with Gasteiger partial charge < -0.3 is 15.4 Å². The lowest BCUT2D eigenvalue weighted by Gasteiger charge is -2.42. The normalized spacial score (nSPS) is 26.9. The first-order valence-corrected chi connectivity index (χ1v) is 7.87. The lowest BCUT2D eigenvalue weighted by atomic mass is 9.94. The Morgan fingerprint density at radius 3 is 2.65 bits per heavy atom. The molecule has 2 N–H and O–H groups in total. The molecular formula is C15H30N4O. The van der Waals surface area contributed by atoms with Gasteiger partial charge in [-0.15, -0.1) is 0 Å². The lowest BCUT2D eigenvalue weighted by Crippen LogP contribution is -2.51. The van der Waals surface area contributed by atoms with Gasteiger partial charge >= 0.3 is 0 Å². The summed E-state index contributed by atoms with van der Waals surface area (Å²) >= 11 is 0. The van der Waals surface area contributed by atoms with Crippen LogP contribution >= 0.6 is 0 Å². The summed E-state index contributed by atoms with van der Waals surface area (Å²) in [6.07, 6.45) is 2.65. The van der Waals surface area contributed by atoms with Crippen LogP contribution in [-0.4, -0.2) is 67.2 Å². The SMILES string of the molecule is CC1CCCN(C(C)(C)CN=C(N)N2CCOCC2)C1. The predicted octanol–water partition coefficient (Wildman–Crippen LogP) is 1.14. The predicted molar refractivity (Wildman–Crippen MR) is 82.9 cm³/mol. The van der Waals surface area contributed by atoms with Gasteiger partial charge in [0.1, 0.15) is 0 Å². The number of nitrogens with two attached hydrogens (primary N) is 1. The maximum atomic E-state index is 6.11. The summed E-state index contributed by atoms with van der Waals surface area (Å²) < 4.78 is 5.34. The van der Waals surface area contributed by atoms with Crippen molar-refractivity contribution in [2.45, 2.75) is 39.2 Å². The number of likely N-dealkylation sites (tertiary alicyclic amines) is 1. The average Bonchev–Trinajstić information content (AvgIpc) is 2.46. The quantitative estimate of drug-likeness (QED) is 0.623. The molecule has 1 atom stereocenters. The van der Waals surface area contributed by atoms with E-state index in [2.05, 4.69) is 35.6 Å². The largest absolute Gasteiger partial charge is 0.378 e. The topological polar surface area (TPSA) is 54.1 Å². The molecule has 2 heterocycles. The van der Waals surface area contributed by atoms with Gasteiger partial charge in [0.25, 0.3) is 0 Å². The fraction of sp³-hybridized carbons (Fsp3) is 0.933. The van der Waals surface area contributed by atoms with Crippen LogP contribution in [0.2, 0.25) is 0 Å². The molecule has 1 unspecified atom stereocenters. The molecule has 0 saturated carbocycles. The van der Waals surface area contributed by atoms with Crippen LogP contribution in [-0.2, 0) is 4.74 Å². The van der Waals surface area contributed by atoms with Gasteiger partial charge in [-0.05, 0) is 39.2 Å². The van der Waals surface area contributed by atoms with Crippen LogP contribution in [0.5, 0.6) is 0 Å². The Bertz CT molecular complexity index is 337. The number of hydrogen-bond donors (Lipinski definition) is 1. The molecule has 0 radical (unpaired) electrons. The lowest BCUT2D eigenvalue weighted by molar-refractivity contribution is 0.0657. The van der Waals surface area contributed by atoms with Crippen molar-refractivity contribution in [2.75, 3.05) is 45.9 Å². The summed E-state index contributed by atoms with van der Waals surface area (Å²) in [5.41, 5.74) is 6.20. The van der Waals surface area contributed by atoms with E-state index in [4.69, 9.17) is 10.5 Å². The van der Waals surface area contributed by atoms with Crippen LogP contribution in [0.25, 0.3) is 0 Å². The first-order chi connectivity index (χ1) is 9.49. The highest BCUT2D eigenvalue weighted by atomic mass is 16.5. The Morgan fingerprint density at radius 2 is 2.00 bits per heavy atom. The highest BCUT2D eigenvalue weighted by Gasteiger charge is 2.30. The molecule has 0 aromatic rings. The smallest absolute Gasteiger partial charge is 0.191 e. The maximum absolute atomic E-state index is 6.11. The van der Waals surface area contributed by atoms with Crippen molar-refractivity contribution in [3.05, 3.63) is 0 Å². The van der Waals surface area contributed by atoms with E-state index >= 15 is 0 Å². The van der Waals surface area contributed by atoms with Gasteiger partial charge in [0, 0.05) is 25.2 Å². The second-order valence-electron chi connectivity index (χ2n) is 6.78. The zero-order valence-corrected chi connectivity index (χ0v) is 13.3. The molecule has 2 saturated heterocycles. The maximum Gasteiger partial charge on any atom is 0.191 e. The molecule has 0 bridgehead atoms.